The van der Waals surface area contributed by atoms with Gasteiger partial charge in [-0.05, 0) is 18.3 Å². The molecule has 0 spiro atoms. The summed E-state index contributed by atoms with van der Waals surface area (Å²) in [6.07, 6.45) is 3.29. The van der Waals surface area contributed by atoms with E-state index in [1.54, 1.807) is 0 Å². The number of nitrogens with two attached hydrogens (primary N) is 1. The van der Waals surface area contributed by atoms with Crippen LogP contribution in [-0.2, 0) is 0 Å². The summed E-state index contributed by atoms with van der Waals surface area (Å²) in [5, 5.41) is 10.9. The van der Waals surface area contributed by atoms with Crippen molar-refractivity contribution in [1.29, 1.82) is 0 Å². The number of nitro groups is 1. The molecule has 0 atom stereocenters. The number of aromatic nitrogens is 1. The number of nitrogen functional groups attached to an aromatic ring is 1. The number of hydrogen-bond donors (Lipinski definition) is 2. The average Bonchev–Trinajstić information content (AvgIpc) is 2.47. The van der Waals surface area contributed by atoms with Crippen LogP contribution in [-0.4, -0.2) is 23.0 Å². The first-order valence-electron chi connectivity index (χ1n) is 6.85. The maximum Gasteiger partial charge on any atom is 0.276 e. The molecule has 1 fully saturated rings. The summed E-state index contributed by atoms with van der Waals surface area (Å²) in [4.78, 5) is 16.9. The molecule has 0 aliphatic carbocycles. The molecule has 1 aliphatic rings. The summed E-state index contributed by atoms with van der Waals surface area (Å²) in [6.45, 7) is 6.22. The SMILES string of the molecule is CCC1(C)CCN(c2cc([N+](=O)[O-])cc(NN)n2)CC1. The second kappa shape index (κ2) is 5.62. The van der Waals surface area contributed by atoms with Crippen molar-refractivity contribution in [1.82, 2.24) is 4.98 Å². The Hall–Kier alpha value is -1.89. The number of nitrogens with one attached hydrogen (secondary N) is 1. The van der Waals surface area contributed by atoms with Gasteiger partial charge in [0.2, 0.25) is 0 Å². The van der Waals surface area contributed by atoms with E-state index in [-0.39, 0.29) is 5.69 Å². The average molecular weight is 279 g/mol. The summed E-state index contributed by atoms with van der Waals surface area (Å²) in [5.41, 5.74) is 2.76. The highest BCUT2D eigenvalue weighted by molar-refractivity contribution is 5.55. The van der Waals surface area contributed by atoms with Crippen LogP contribution in [0.15, 0.2) is 12.1 Å². The van der Waals surface area contributed by atoms with Crippen molar-refractivity contribution in [3.05, 3.63) is 22.2 Å². The number of nitrogens with zero attached hydrogens (tertiary/aromatic N) is 3. The predicted octanol–water partition coefficient (Wildman–Crippen LogP) is 2.29. The molecule has 7 heteroatoms. The minimum atomic E-state index is -0.424. The number of anilines is 2. The predicted molar refractivity (Wildman–Crippen MR) is 78.5 cm³/mol. The molecular weight excluding hydrogens is 258 g/mol. The topological polar surface area (TPSA) is 97.3 Å². The fraction of sp³-hybridized carbons (Fsp3) is 0.615. The highest BCUT2D eigenvalue weighted by Crippen LogP contribution is 2.36. The van der Waals surface area contributed by atoms with Crippen LogP contribution in [0.3, 0.4) is 0 Å². The van der Waals surface area contributed by atoms with Crippen LogP contribution in [0, 0.1) is 15.5 Å². The third-order valence-corrected chi connectivity index (χ3v) is 4.30. The van der Waals surface area contributed by atoms with E-state index in [1.165, 1.54) is 12.1 Å². The molecule has 0 aromatic carbocycles. The molecule has 1 aromatic heterocycles. The summed E-state index contributed by atoms with van der Waals surface area (Å²) >= 11 is 0. The van der Waals surface area contributed by atoms with Crippen LogP contribution in [0.2, 0.25) is 0 Å². The molecule has 0 saturated carbocycles. The van der Waals surface area contributed by atoms with Crippen molar-refractivity contribution < 1.29 is 4.92 Å². The molecule has 0 unspecified atom stereocenters. The van der Waals surface area contributed by atoms with Crippen molar-refractivity contribution in [2.24, 2.45) is 11.3 Å². The van der Waals surface area contributed by atoms with Gasteiger partial charge in [0.15, 0.2) is 0 Å². The molecule has 1 aromatic rings. The Kier molecular flexibility index (Phi) is 4.08. The van der Waals surface area contributed by atoms with Gasteiger partial charge in [0, 0.05) is 13.1 Å². The number of pyridine rings is 1. The van der Waals surface area contributed by atoms with Gasteiger partial charge in [-0.2, -0.15) is 0 Å². The molecule has 0 bridgehead atoms. The molecule has 3 N–H and O–H groups in total. The minimum Gasteiger partial charge on any atom is -0.356 e. The van der Waals surface area contributed by atoms with E-state index >= 15 is 0 Å². The molecular formula is C13H21N5O2. The van der Waals surface area contributed by atoms with E-state index in [2.05, 4.69) is 29.2 Å². The van der Waals surface area contributed by atoms with Crippen LogP contribution >= 0.6 is 0 Å². The molecule has 1 saturated heterocycles. The van der Waals surface area contributed by atoms with Gasteiger partial charge in [-0.25, -0.2) is 10.8 Å². The van der Waals surface area contributed by atoms with Crippen molar-refractivity contribution in [2.45, 2.75) is 33.1 Å². The lowest BCUT2D eigenvalue weighted by Crippen LogP contribution is -2.39. The first-order chi connectivity index (χ1) is 9.47. The summed E-state index contributed by atoms with van der Waals surface area (Å²) in [7, 11) is 0. The van der Waals surface area contributed by atoms with E-state index < -0.39 is 4.92 Å². The smallest absolute Gasteiger partial charge is 0.276 e. The van der Waals surface area contributed by atoms with Gasteiger partial charge in [-0.1, -0.05) is 20.3 Å². The zero-order chi connectivity index (χ0) is 14.8. The monoisotopic (exact) mass is 279 g/mol. The second-order valence-corrected chi connectivity index (χ2v) is 5.62. The zero-order valence-electron chi connectivity index (χ0n) is 11.9. The molecule has 7 nitrogen and oxygen atoms in total. The van der Waals surface area contributed by atoms with E-state index in [9.17, 15) is 10.1 Å². The molecule has 110 valence electrons. The van der Waals surface area contributed by atoms with Gasteiger partial charge < -0.3 is 10.3 Å². The number of piperidine rings is 1. The Morgan fingerprint density at radius 3 is 2.65 bits per heavy atom. The fourth-order valence-electron chi connectivity index (χ4n) is 2.47. The second-order valence-electron chi connectivity index (χ2n) is 5.62. The van der Waals surface area contributed by atoms with Crippen molar-refractivity contribution in [2.75, 3.05) is 23.4 Å². The maximum absolute atomic E-state index is 10.9. The van der Waals surface area contributed by atoms with Gasteiger partial charge >= 0.3 is 0 Å². The fourth-order valence-corrected chi connectivity index (χ4v) is 2.47. The molecule has 0 amide bonds. The highest BCUT2D eigenvalue weighted by Gasteiger charge is 2.29. The number of rotatable bonds is 4. The van der Waals surface area contributed by atoms with Gasteiger partial charge in [0.1, 0.15) is 11.6 Å². The Morgan fingerprint density at radius 2 is 2.15 bits per heavy atom. The van der Waals surface area contributed by atoms with E-state index in [0.717, 1.165) is 32.4 Å². The van der Waals surface area contributed by atoms with Crippen molar-refractivity contribution >= 4 is 17.3 Å². The van der Waals surface area contributed by atoms with Crippen molar-refractivity contribution in [3.8, 4) is 0 Å². The lowest BCUT2D eigenvalue weighted by molar-refractivity contribution is -0.384. The zero-order valence-corrected chi connectivity index (χ0v) is 11.9. The minimum absolute atomic E-state index is 0.00627. The van der Waals surface area contributed by atoms with Gasteiger partial charge in [-0.15, -0.1) is 0 Å². The van der Waals surface area contributed by atoms with Crippen LogP contribution in [0.25, 0.3) is 0 Å². The number of hydrogen-bond acceptors (Lipinski definition) is 6. The molecule has 20 heavy (non-hydrogen) atoms. The van der Waals surface area contributed by atoms with Gasteiger partial charge in [0.25, 0.3) is 5.69 Å². The third-order valence-electron chi connectivity index (χ3n) is 4.30. The van der Waals surface area contributed by atoms with E-state index in [4.69, 9.17) is 5.84 Å². The lowest BCUT2D eigenvalue weighted by atomic mass is 9.78. The normalized spacial score (nSPS) is 17.9. The molecule has 0 radical (unpaired) electrons. The van der Waals surface area contributed by atoms with Gasteiger partial charge in [-0.3, -0.25) is 10.1 Å². The summed E-state index contributed by atoms with van der Waals surface area (Å²) in [6, 6.07) is 2.85. The van der Waals surface area contributed by atoms with Crippen LogP contribution < -0.4 is 16.2 Å². The van der Waals surface area contributed by atoms with Crippen LogP contribution in [0.4, 0.5) is 17.3 Å². The number of hydrazine groups is 1. The van der Waals surface area contributed by atoms with E-state index in [1.807, 2.05) is 0 Å². The van der Waals surface area contributed by atoms with Gasteiger partial charge in [0.05, 0.1) is 17.1 Å². The lowest BCUT2D eigenvalue weighted by Gasteiger charge is -2.39. The molecule has 2 heterocycles. The molecule has 2 rings (SSSR count). The Morgan fingerprint density at radius 1 is 1.50 bits per heavy atom. The van der Waals surface area contributed by atoms with E-state index in [0.29, 0.717) is 17.1 Å². The highest BCUT2D eigenvalue weighted by atomic mass is 16.6. The van der Waals surface area contributed by atoms with Crippen LogP contribution in [0.5, 0.6) is 0 Å². The third kappa shape index (κ3) is 2.98. The van der Waals surface area contributed by atoms with Crippen LogP contribution in [0.1, 0.15) is 33.1 Å². The Bertz CT molecular complexity index is 498. The quantitative estimate of drug-likeness (QED) is 0.498. The Labute approximate surface area is 118 Å². The molecule has 1 aliphatic heterocycles. The maximum atomic E-state index is 10.9. The largest absolute Gasteiger partial charge is 0.356 e. The first-order valence-corrected chi connectivity index (χ1v) is 6.85. The Balaban J connectivity index is 2.21. The summed E-state index contributed by atoms with van der Waals surface area (Å²) < 4.78 is 0. The summed E-state index contributed by atoms with van der Waals surface area (Å²) in [5.74, 6) is 6.26. The first kappa shape index (κ1) is 14.5. The standard InChI is InChI=1S/C13H21N5O2/c1-3-13(2)4-6-17(7-5-13)12-9-10(18(19)20)8-11(15-12)16-14/h8-9H,3-7,14H2,1-2H3,(H,15,16). The van der Waals surface area contributed by atoms with Crippen molar-refractivity contribution in [3.63, 3.8) is 0 Å².